The smallest absolute Gasteiger partial charge is 0.352 e. The quantitative estimate of drug-likeness (QED) is 0.140. The number of aromatic nitrogens is 1. The normalized spacial score (nSPS) is 24.3. The van der Waals surface area contributed by atoms with Crippen LogP contribution in [-0.2, 0) is 37.1 Å². The van der Waals surface area contributed by atoms with Crippen LogP contribution in [0.4, 0.5) is 5.13 Å². The number of carbonyl (C=O) groups excluding carboxylic acids is 2. The minimum absolute atomic E-state index is 0.0402. The highest BCUT2D eigenvalue weighted by atomic mass is 32.2. The number of rotatable bonds is 9. The summed E-state index contributed by atoms with van der Waals surface area (Å²) in [6, 6.07) is 1.07. The lowest BCUT2D eigenvalue weighted by Crippen LogP contribution is -2.71. The number of nitrogens with zero attached hydrogens (tertiary/aromatic N) is 4. The lowest BCUT2D eigenvalue weighted by molar-refractivity contribution is -0.924. The van der Waals surface area contributed by atoms with E-state index in [9.17, 15) is 29.4 Å². The number of hydrogen-bond donors (Lipinski definition) is 4. The highest BCUT2D eigenvalue weighted by Crippen LogP contribution is 2.42. The van der Waals surface area contributed by atoms with E-state index in [1.807, 2.05) is 0 Å². The summed E-state index contributed by atoms with van der Waals surface area (Å²) >= 11 is 4.11. The van der Waals surface area contributed by atoms with Crippen LogP contribution in [0, 0.1) is 0 Å². The molecule has 2 aromatic heterocycles. The van der Waals surface area contributed by atoms with Gasteiger partial charge in [0, 0.05) is 22.3 Å². The molecule has 1 unspecified atom stereocenters. The Kier molecular flexibility index (Phi) is 7.14. The molecule has 212 valence electrons. The molecule has 40 heavy (non-hydrogen) atoms. The van der Waals surface area contributed by atoms with Gasteiger partial charge < -0.3 is 30.6 Å². The van der Waals surface area contributed by atoms with Crippen molar-refractivity contribution in [3.05, 3.63) is 44.2 Å². The van der Waals surface area contributed by atoms with Gasteiger partial charge in [-0.05, 0) is 25.3 Å². The zero-order valence-corrected chi connectivity index (χ0v) is 24.2. The van der Waals surface area contributed by atoms with E-state index in [2.05, 4.69) is 34.0 Å². The number of carboxylic acids is 2. The summed E-state index contributed by atoms with van der Waals surface area (Å²) in [6.07, 6.45) is 0. The number of nitrogens with two attached hydrogens (primary N) is 1. The molecule has 0 aliphatic carbocycles. The van der Waals surface area contributed by atoms with Gasteiger partial charge in [0.2, 0.25) is 5.60 Å². The monoisotopic (exact) mass is 607 g/mol. The van der Waals surface area contributed by atoms with Gasteiger partial charge >= 0.3 is 11.9 Å². The van der Waals surface area contributed by atoms with E-state index in [1.54, 1.807) is 11.3 Å². The molecule has 5 N–H and O–H groups in total. The number of aliphatic carboxylic acids is 2. The summed E-state index contributed by atoms with van der Waals surface area (Å²) in [7, 11) is 2.08. The van der Waals surface area contributed by atoms with Crippen LogP contribution in [0.25, 0.3) is 0 Å². The molecule has 0 saturated carbocycles. The highest BCUT2D eigenvalue weighted by Gasteiger charge is 2.55. The number of carboxylic acid groups (broad SMARTS) is 2. The lowest BCUT2D eigenvalue weighted by atomic mass is 10.0. The van der Waals surface area contributed by atoms with Crippen molar-refractivity contribution < 1.29 is 38.7 Å². The second-order valence-electron chi connectivity index (χ2n) is 10.5. The van der Waals surface area contributed by atoms with Crippen LogP contribution in [-0.4, -0.2) is 90.4 Å². The lowest BCUT2D eigenvalue weighted by Gasteiger charge is -2.49. The molecule has 2 aromatic rings. The molecule has 5 heterocycles. The molecule has 3 aliphatic heterocycles. The Labute approximate surface area is 240 Å². The number of amides is 2. The fraction of sp³-hybridized carbons (Fsp3) is 0.417. The number of β-lactam (4-membered cyclic amide) rings is 1. The SMILES string of the molecule is CC(C)(O/N=C(\C(=O)N[C@@H]1C(=O)N2C(C(=O)O)=C(C[N+]3(C)Cc4ccsc4C3)CS[C@@H]12)c1csc(N)n1)C(=O)O. The molecule has 3 atom stereocenters. The van der Waals surface area contributed by atoms with E-state index in [0.29, 0.717) is 22.4 Å². The molecule has 0 aromatic carbocycles. The van der Waals surface area contributed by atoms with Crippen LogP contribution in [0.1, 0.15) is 30.0 Å². The zero-order valence-electron chi connectivity index (χ0n) is 21.7. The number of carbonyl (C=O) groups is 4. The Hall–Kier alpha value is -3.47. The highest BCUT2D eigenvalue weighted by molar-refractivity contribution is 8.00. The predicted molar refractivity (Wildman–Crippen MR) is 148 cm³/mol. The summed E-state index contributed by atoms with van der Waals surface area (Å²) < 4.78 is 0.630. The van der Waals surface area contributed by atoms with Gasteiger partial charge in [0.15, 0.2) is 10.8 Å². The number of fused-ring (bicyclic) bond motifs is 2. The topological polar surface area (TPSA) is 185 Å². The van der Waals surface area contributed by atoms with E-state index in [0.717, 1.165) is 24.4 Å². The number of anilines is 1. The molecule has 1 saturated heterocycles. The molecule has 0 bridgehead atoms. The van der Waals surface area contributed by atoms with Crippen molar-refractivity contribution in [3.8, 4) is 0 Å². The van der Waals surface area contributed by atoms with Crippen molar-refractivity contribution in [2.45, 2.75) is 44.0 Å². The maximum atomic E-state index is 13.2. The molecule has 2 amide bonds. The van der Waals surface area contributed by atoms with Gasteiger partial charge in [0.25, 0.3) is 11.8 Å². The first-order chi connectivity index (χ1) is 18.8. The van der Waals surface area contributed by atoms with Crippen molar-refractivity contribution in [1.29, 1.82) is 0 Å². The van der Waals surface area contributed by atoms with Crippen molar-refractivity contribution >= 4 is 69.0 Å². The minimum atomic E-state index is -1.74. The van der Waals surface area contributed by atoms with Crippen LogP contribution < -0.4 is 11.1 Å². The first kappa shape index (κ1) is 28.1. The maximum absolute atomic E-state index is 13.2. The average Bonchev–Trinajstić information content (AvgIpc) is 3.57. The van der Waals surface area contributed by atoms with E-state index in [-0.39, 0.29) is 22.2 Å². The number of nitrogen functional groups attached to an aromatic ring is 1. The predicted octanol–water partition coefficient (Wildman–Crippen LogP) is 1.27. The van der Waals surface area contributed by atoms with Crippen LogP contribution in [0.5, 0.6) is 0 Å². The molecule has 1 fully saturated rings. The zero-order chi connectivity index (χ0) is 29.0. The van der Waals surface area contributed by atoms with Gasteiger partial charge in [-0.3, -0.25) is 14.5 Å². The Morgan fingerprint density at radius 2 is 2.05 bits per heavy atom. The number of likely N-dealkylation sites (N-methyl/N-ethyl adjacent to an activating group) is 1. The van der Waals surface area contributed by atoms with Crippen LogP contribution in [0.3, 0.4) is 0 Å². The summed E-state index contributed by atoms with van der Waals surface area (Å²) in [5.41, 5.74) is 5.55. The van der Waals surface area contributed by atoms with Crippen LogP contribution in [0.2, 0.25) is 0 Å². The number of quaternary nitrogens is 1. The third-order valence-electron chi connectivity index (χ3n) is 6.88. The summed E-state index contributed by atoms with van der Waals surface area (Å²) in [5.74, 6) is -3.50. The van der Waals surface area contributed by atoms with E-state index in [4.69, 9.17) is 10.6 Å². The third kappa shape index (κ3) is 5.07. The Balaban J connectivity index is 1.34. The summed E-state index contributed by atoms with van der Waals surface area (Å²) in [4.78, 5) is 61.9. The van der Waals surface area contributed by atoms with Gasteiger partial charge in [-0.15, -0.1) is 34.4 Å². The largest absolute Gasteiger partial charge is 0.478 e. The fourth-order valence-electron chi connectivity index (χ4n) is 4.85. The van der Waals surface area contributed by atoms with Crippen LogP contribution >= 0.6 is 34.4 Å². The molecule has 0 radical (unpaired) electrons. The number of thiazole rings is 1. The first-order valence-corrected chi connectivity index (χ1v) is 14.9. The molecule has 16 heteroatoms. The van der Waals surface area contributed by atoms with Crippen molar-refractivity contribution in [3.63, 3.8) is 0 Å². The molecular weight excluding hydrogens is 581 g/mol. The number of nitrogens with one attached hydrogen (secondary N) is 1. The minimum Gasteiger partial charge on any atom is -0.478 e. The standard InChI is InChI=1S/C24H26N6O7S3/c1-24(2,22(35)36)37-28-15(13-10-40-23(25)26-13)18(31)27-16-19(32)29-17(21(33)34)12(9-39-20(16)29)7-30(3)6-11-4-5-38-14(11)8-30/h4-5,10,16,20H,6-9H2,1-3H3,(H4-,25,26,27,31,33,34,35,36)/p+1/b28-15-/t16-,20+,30?/m1/s1. The molecule has 0 spiro atoms. The summed E-state index contributed by atoms with van der Waals surface area (Å²) in [5, 5.41) is 28.8. The first-order valence-electron chi connectivity index (χ1n) is 12.1. The van der Waals surface area contributed by atoms with Gasteiger partial charge in [0.05, 0.1) is 11.9 Å². The molecule has 3 aliphatic rings. The van der Waals surface area contributed by atoms with E-state index >= 15 is 0 Å². The number of thiophene rings is 1. The van der Waals surface area contributed by atoms with Gasteiger partial charge in [-0.25, -0.2) is 14.6 Å². The Bertz CT molecular complexity index is 1460. The Morgan fingerprint density at radius 1 is 1.30 bits per heavy atom. The molecular formula is C24H27N6O7S3+. The second-order valence-corrected chi connectivity index (χ2v) is 13.5. The van der Waals surface area contributed by atoms with E-state index in [1.165, 1.54) is 46.3 Å². The van der Waals surface area contributed by atoms with Gasteiger partial charge in [-0.1, -0.05) is 5.16 Å². The molecule has 13 nitrogen and oxygen atoms in total. The Morgan fingerprint density at radius 3 is 2.67 bits per heavy atom. The number of oxime groups is 1. The van der Waals surface area contributed by atoms with Crippen molar-refractivity contribution in [2.24, 2.45) is 5.16 Å². The number of hydrogen-bond acceptors (Lipinski definition) is 11. The molecule has 5 rings (SSSR count). The fourth-order valence-corrected chi connectivity index (χ4v) is 7.80. The van der Waals surface area contributed by atoms with Crippen molar-refractivity contribution in [1.82, 2.24) is 15.2 Å². The van der Waals surface area contributed by atoms with Gasteiger partial charge in [-0.2, -0.15) is 0 Å². The van der Waals surface area contributed by atoms with E-state index < -0.39 is 40.8 Å². The van der Waals surface area contributed by atoms with Crippen LogP contribution in [0.15, 0.2) is 33.3 Å². The van der Waals surface area contributed by atoms with Gasteiger partial charge in [0.1, 0.15) is 42.4 Å². The summed E-state index contributed by atoms with van der Waals surface area (Å²) in [6.45, 7) is 4.60. The van der Waals surface area contributed by atoms with Crippen molar-refractivity contribution in [2.75, 3.05) is 25.1 Å². The average molecular weight is 608 g/mol. The second kappa shape index (κ2) is 10.2. The number of thioether (sulfide) groups is 1. The third-order valence-corrected chi connectivity index (χ3v) is 9.85. The maximum Gasteiger partial charge on any atom is 0.352 e.